The Balaban J connectivity index is 1.26. The van der Waals surface area contributed by atoms with E-state index in [1.165, 1.54) is 0 Å². The number of carbonyl (C=O) groups excluding carboxylic acids is 2. The summed E-state index contributed by atoms with van der Waals surface area (Å²) < 4.78 is 24.4. The van der Waals surface area contributed by atoms with Gasteiger partial charge in [-0.1, -0.05) is 68.4 Å². The lowest BCUT2D eigenvalue weighted by Crippen LogP contribution is -2.72. The second-order valence-electron chi connectivity index (χ2n) is 12.3. The smallest absolute Gasteiger partial charge is 0.242 e. The summed E-state index contributed by atoms with van der Waals surface area (Å²) in [4.78, 5) is 27.2. The zero-order valence-corrected chi connectivity index (χ0v) is 27.0. The molecule has 2 amide bonds. The Morgan fingerprint density at radius 2 is 1.57 bits per heavy atom. The number of methoxy groups -OCH3 is 2. The van der Waals surface area contributed by atoms with Crippen molar-refractivity contribution in [2.75, 3.05) is 27.5 Å². The van der Waals surface area contributed by atoms with Crippen LogP contribution in [0.5, 0.6) is 11.5 Å². The number of benzene rings is 3. The van der Waals surface area contributed by atoms with Crippen LogP contribution < -0.4 is 30.7 Å². The molecule has 12 nitrogen and oxygen atoms in total. The maximum Gasteiger partial charge on any atom is 0.242 e. The lowest BCUT2D eigenvalue weighted by atomic mass is 9.80. The minimum Gasteiger partial charge on any atom is -0.497 e. The lowest BCUT2D eigenvalue weighted by Gasteiger charge is -2.39. The van der Waals surface area contributed by atoms with Crippen LogP contribution in [0.25, 0.3) is 0 Å². The highest BCUT2D eigenvalue weighted by atomic mass is 16.6. The van der Waals surface area contributed by atoms with Crippen molar-refractivity contribution in [1.29, 1.82) is 0 Å². The fraction of sp³-hybridized carbons (Fsp3) is 0.429. The highest BCUT2D eigenvalue weighted by Gasteiger charge is 2.50. The van der Waals surface area contributed by atoms with Crippen molar-refractivity contribution in [3.63, 3.8) is 0 Å². The van der Waals surface area contributed by atoms with Crippen LogP contribution in [0.15, 0.2) is 78.9 Å². The maximum atomic E-state index is 12.9. The van der Waals surface area contributed by atoms with Gasteiger partial charge >= 0.3 is 0 Å². The van der Waals surface area contributed by atoms with Crippen molar-refractivity contribution in [1.82, 2.24) is 26.2 Å². The van der Waals surface area contributed by atoms with Crippen molar-refractivity contribution < 1.29 is 33.6 Å². The molecule has 3 aromatic carbocycles. The highest BCUT2D eigenvalue weighted by Crippen LogP contribution is 2.42. The fourth-order valence-corrected chi connectivity index (χ4v) is 6.50. The van der Waals surface area contributed by atoms with Crippen LogP contribution >= 0.6 is 0 Å². The molecule has 250 valence electrons. The molecule has 0 saturated carbocycles. The van der Waals surface area contributed by atoms with E-state index in [2.05, 4.69) is 21.3 Å². The normalized spacial score (nSPS) is 26.1. The molecule has 0 radical (unpaired) electrons. The predicted octanol–water partition coefficient (Wildman–Crippen LogP) is 1.82. The van der Waals surface area contributed by atoms with Gasteiger partial charge in [0.2, 0.25) is 11.8 Å². The number of carbonyl (C=O) groups is 2. The molecule has 0 aliphatic carbocycles. The van der Waals surface area contributed by atoms with Gasteiger partial charge in [-0.3, -0.25) is 20.2 Å². The summed E-state index contributed by atoms with van der Waals surface area (Å²) in [6, 6.07) is 24.9. The molecule has 3 aliphatic rings. The van der Waals surface area contributed by atoms with Gasteiger partial charge in [-0.15, -0.1) is 0 Å². The van der Waals surface area contributed by atoms with E-state index in [4.69, 9.17) is 18.9 Å². The third-order valence-electron chi connectivity index (χ3n) is 9.10. The Bertz CT molecular complexity index is 1470. The van der Waals surface area contributed by atoms with E-state index in [-0.39, 0.29) is 24.3 Å². The van der Waals surface area contributed by atoms with Gasteiger partial charge < -0.3 is 34.7 Å². The highest BCUT2D eigenvalue weighted by molar-refractivity contribution is 5.85. The second-order valence-corrected chi connectivity index (χ2v) is 12.3. The summed E-state index contributed by atoms with van der Waals surface area (Å²) in [5.41, 5.74) is 1.58. The van der Waals surface area contributed by atoms with Gasteiger partial charge in [-0.2, -0.15) is 0 Å². The third-order valence-corrected chi connectivity index (χ3v) is 9.10. The molecular weight excluding hydrogens is 602 g/mol. The minimum atomic E-state index is -1.06. The number of ether oxygens (including phenoxy) is 4. The molecular formula is C35H43N5O7. The van der Waals surface area contributed by atoms with Crippen LogP contribution in [0.4, 0.5) is 0 Å². The number of amides is 2. The molecule has 12 heteroatoms. The van der Waals surface area contributed by atoms with E-state index in [1.54, 1.807) is 28.1 Å². The summed E-state index contributed by atoms with van der Waals surface area (Å²) in [5.74, 6) is 0.791. The summed E-state index contributed by atoms with van der Waals surface area (Å²) in [6.45, 7) is 4.01. The van der Waals surface area contributed by atoms with E-state index in [0.29, 0.717) is 13.1 Å². The maximum absolute atomic E-state index is 12.9. The molecule has 3 aromatic rings. The Labute approximate surface area is 274 Å². The summed E-state index contributed by atoms with van der Waals surface area (Å²) >= 11 is 0. The third kappa shape index (κ3) is 6.57. The Kier molecular flexibility index (Phi) is 9.78. The van der Waals surface area contributed by atoms with E-state index >= 15 is 0 Å². The van der Waals surface area contributed by atoms with Crippen molar-refractivity contribution in [3.8, 4) is 11.5 Å². The monoisotopic (exact) mass is 645 g/mol. The number of hydrogen-bond donors (Lipinski definition) is 5. The number of nitrogens with zero attached hydrogens (tertiary/aromatic N) is 1. The fourth-order valence-electron chi connectivity index (χ4n) is 6.50. The summed E-state index contributed by atoms with van der Waals surface area (Å²) in [6.07, 6.45) is -2.86. The van der Waals surface area contributed by atoms with Gasteiger partial charge in [0.1, 0.15) is 35.5 Å². The van der Waals surface area contributed by atoms with Gasteiger partial charge in [0.25, 0.3) is 0 Å². The van der Waals surface area contributed by atoms with Crippen LogP contribution in [0.1, 0.15) is 37.0 Å². The SMILES string of the molecule is COc1ccc(C(OC[C@H]2O[C@@H](N3CNC4C(=O)NC(NC(=O)C(C)C)NC43)C[C@@H]2O)(c2ccccc2)c2ccc(OC)cc2)cc1. The number of nitrogens with one attached hydrogen (secondary N) is 4. The van der Waals surface area contributed by atoms with Gasteiger partial charge in [-0.25, -0.2) is 4.90 Å². The molecule has 3 aliphatic heterocycles. The average Bonchev–Trinajstić information content (AvgIpc) is 3.69. The summed E-state index contributed by atoms with van der Waals surface area (Å²) in [7, 11) is 3.26. The van der Waals surface area contributed by atoms with Crippen LogP contribution in [-0.2, 0) is 24.7 Å². The zero-order chi connectivity index (χ0) is 33.1. The lowest BCUT2D eigenvalue weighted by molar-refractivity contribution is -0.135. The number of hydrogen-bond acceptors (Lipinski definition) is 10. The molecule has 6 atom stereocenters. The standard InChI is InChI=1S/C35H43N5O7/c1-21(2)32(42)38-34-37-31-30(33(43)39-34)36-20-40(31)29-18-27(41)28(47-29)19-46-35(22-8-6-5-7-9-22,23-10-14-25(44-3)15-11-23)24-12-16-26(45-4)17-13-24/h5-17,21,27-31,34,36-37,41H,18-20H2,1-4H3,(H,38,42)(H,39,43)/t27-,28+,29+,30?,31?,34?/m0/s1. The van der Waals surface area contributed by atoms with Crippen molar-refractivity contribution in [2.45, 2.75) is 62.8 Å². The topological polar surface area (TPSA) is 143 Å². The van der Waals surface area contributed by atoms with E-state index in [9.17, 15) is 14.7 Å². The number of rotatable bonds is 11. The number of fused-ring (bicyclic) bond motifs is 1. The average molecular weight is 646 g/mol. The number of aliphatic hydroxyl groups excluding tert-OH is 1. The quantitative estimate of drug-likeness (QED) is 0.196. The summed E-state index contributed by atoms with van der Waals surface area (Å²) in [5, 5.41) is 23.5. The van der Waals surface area contributed by atoms with Gasteiger partial charge in [0.15, 0.2) is 6.29 Å². The molecule has 3 fully saturated rings. The van der Waals surface area contributed by atoms with E-state index in [0.717, 1.165) is 28.2 Å². The van der Waals surface area contributed by atoms with E-state index in [1.807, 2.05) is 83.8 Å². The van der Waals surface area contributed by atoms with Crippen LogP contribution in [-0.4, -0.2) is 86.2 Å². The first-order valence-corrected chi connectivity index (χ1v) is 15.9. The largest absolute Gasteiger partial charge is 0.497 e. The molecule has 3 heterocycles. The first-order valence-electron chi connectivity index (χ1n) is 15.9. The predicted molar refractivity (Wildman–Crippen MR) is 173 cm³/mol. The van der Waals surface area contributed by atoms with E-state index < -0.39 is 42.5 Å². The number of aliphatic hydroxyl groups is 1. The molecule has 0 bridgehead atoms. The molecule has 0 spiro atoms. The molecule has 47 heavy (non-hydrogen) atoms. The van der Waals surface area contributed by atoms with Crippen LogP contribution in [0, 0.1) is 5.92 Å². The molecule has 3 unspecified atom stereocenters. The van der Waals surface area contributed by atoms with Crippen LogP contribution in [0.2, 0.25) is 0 Å². The zero-order valence-electron chi connectivity index (χ0n) is 27.0. The first kappa shape index (κ1) is 32.9. The van der Waals surface area contributed by atoms with Crippen molar-refractivity contribution in [3.05, 3.63) is 95.6 Å². The van der Waals surface area contributed by atoms with Gasteiger partial charge in [0, 0.05) is 12.3 Å². The van der Waals surface area contributed by atoms with Gasteiger partial charge in [0.05, 0.1) is 39.8 Å². The second kappa shape index (κ2) is 14.0. The minimum absolute atomic E-state index is 0.0704. The Hall–Kier alpha value is -4.04. The first-order chi connectivity index (χ1) is 22.7. The molecule has 0 aromatic heterocycles. The Morgan fingerprint density at radius 3 is 2.15 bits per heavy atom. The van der Waals surface area contributed by atoms with Crippen LogP contribution in [0.3, 0.4) is 0 Å². The van der Waals surface area contributed by atoms with Crippen molar-refractivity contribution >= 4 is 11.8 Å². The molecule has 5 N–H and O–H groups in total. The molecule has 3 saturated heterocycles. The van der Waals surface area contributed by atoms with Crippen molar-refractivity contribution in [2.24, 2.45) is 5.92 Å². The molecule has 6 rings (SSSR count). The van der Waals surface area contributed by atoms with Gasteiger partial charge in [-0.05, 0) is 41.0 Å². The Morgan fingerprint density at radius 1 is 0.979 bits per heavy atom.